The molecule has 112 valence electrons. The van der Waals surface area contributed by atoms with Crippen molar-refractivity contribution in [3.63, 3.8) is 0 Å². The number of halogens is 1. The molecule has 0 aliphatic rings. The van der Waals surface area contributed by atoms with E-state index in [2.05, 4.69) is 5.32 Å². The number of hydrogen-bond acceptors (Lipinski definition) is 1. The minimum absolute atomic E-state index is 0.143. The topological polar surface area (TPSA) is 34.0 Å². The van der Waals surface area contributed by atoms with E-state index in [0.29, 0.717) is 24.2 Å². The van der Waals surface area contributed by atoms with E-state index < -0.39 is 0 Å². The van der Waals surface area contributed by atoms with Gasteiger partial charge in [0.25, 0.3) is 5.91 Å². The molecule has 0 unspecified atom stereocenters. The third kappa shape index (κ3) is 2.72. The molecule has 0 atom stereocenters. The molecule has 0 saturated carbocycles. The fourth-order valence-electron chi connectivity index (χ4n) is 2.61. The Labute approximate surface area is 128 Å². The predicted octanol–water partition coefficient (Wildman–Crippen LogP) is 3.29. The van der Waals surface area contributed by atoms with Crippen LogP contribution in [0.15, 0.2) is 54.6 Å². The maximum absolute atomic E-state index is 13.5. The second-order valence-corrected chi connectivity index (χ2v) is 5.24. The summed E-state index contributed by atoms with van der Waals surface area (Å²) in [7, 11) is 1.87. The van der Waals surface area contributed by atoms with Crippen LogP contribution >= 0.6 is 0 Å². The van der Waals surface area contributed by atoms with Gasteiger partial charge in [-0.25, -0.2) is 4.39 Å². The number of amides is 1. The summed E-state index contributed by atoms with van der Waals surface area (Å²) in [5, 5.41) is 3.88. The van der Waals surface area contributed by atoms with Gasteiger partial charge in [-0.05, 0) is 30.2 Å². The number of aryl methyl sites for hydroxylation is 1. The molecule has 0 bridgehead atoms. The van der Waals surface area contributed by atoms with Crippen LogP contribution in [0.3, 0.4) is 0 Å². The largest absolute Gasteiger partial charge is 0.350 e. The van der Waals surface area contributed by atoms with Crippen molar-refractivity contribution >= 4 is 16.8 Å². The minimum atomic E-state index is -0.235. The van der Waals surface area contributed by atoms with E-state index in [-0.39, 0.29) is 11.7 Å². The number of hydrogen-bond donors (Lipinski definition) is 1. The van der Waals surface area contributed by atoms with Gasteiger partial charge >= 0.3 is 0 Å². The molecule has 1 amide bonds. The van der Waals surface area contributed by atoms with Crippen molar-refractivity contribution < 1.29 is 9.18 Å². The van der Waals surface area contributed by atoms with E-state index in [1.807, 2.05) is 41.9 Å². The lowest BCUT2D eigenvalue weighted by molar-refractivity contribution is 0.0946. The van der Waals surface area contributed by atoms with Crippen molar-refractivity contribution in [1.29, 1.82) is 0 Å². The standard InChI is InChI=1S/C18H17FN2O/c1-21-16-9-5-3-7-14(16)12-17(21)18(22)20-11-10-13-6-2-4-8-15(13)19/h2-9,12H,10-11H2,1H3,(H,20,22). The zero-order valence-corrected chi connectivity index (χ0v) is 12.3. The Balaban J connectivity index is 1.69. The molecule has 3 nitrogen and oxygen atoms in total. The van der Waals surface area contributed by atoms with Crippen molar-refractivity contribution in [2.24, 2.45) is 7.05 Å². The second-order valence-electron chi connectivity index (χ2n) is 5.24. The molecule has 0 aliphatic heterocycles. The summed E-state index contributed by atoms with van der Waals surface area (Å²) in [4.78, 5) is 12.3. The SMILES string of the molecule is Cn1c(C(=O)NCCc2ccccc2F)cc2ccccc21. The number of benzene rings is 2. The lowest BCUT2D eigenvalue weighted by Gasteiger charge is -2.07. The molecule has 1 aromatic heterocycles. The zero-order chi connectivity index (χ0) is 15.5. The quantitative estimate of drug-likeness (QED) is 0.787. The van der Waals surface area contributed by atoms with Crippen molar-refractivity contribution in [3.05, 3.63) is 71.7 Å². The summed E-state index contributed by atoms with van der Waals surface area (Å²) in [6, 6.07) is 16.3. The third-order valence-corrected chi connectivity index (χ3v) is 3.82. The Morgan fingerprint density at radius 3 is 2.64 bits per heavy atom. The maximum Gasteiger partial charge on any atom is 0.267 e. The van der Waals surface area contributed by atoms with Crippen molar-refractivity contribution in [2.45, 2.75) is 6.42 Å². The normalized spacial score (nSPS) is 10.8. The monoisotopic (exact) mass is 296 g/mol. The van der Waals surface area contributed by atoms with Gasteiger partial charge in [0.2, 0.25) is 0 Å². The van der Waals surface area contributed by atoms with Gasteiger partial charge in [0.05, 0.1) is 0 Å². The summed E-state index contributed by atoms with van der Waals surface area (Å²) in [5.74, 6) is -0.378. The molecule has 4 heteroatoms. The van der Waals surface area contributed by atoms with E-state index in [4.69, 9.17) is 0 Å². The summed E-state index contributed by atoms with van der Waals surface area (Å²) >= 11 is 0. The molecule has 0 fully saturated rings. The molecule has 3 aromatic rings. The first-order valence-electron chi connectivity index (χ1n) is 7.23. The van der Waals surface area contributed by atoms with Crippen LogP contribution in [0.25, 0.3) is 10.9 Å². The van der Waals surface area contributed by atoms with Crippen LogP contribution in [0.4, 0.5) is 4.39 Å². The summed E-state index contributed by atoms with van der Waals surface area (Å²) in [5.41, 5.74) is 2.23. The van der Waals surface area contributed by atoms with E-state index in [0.717, 1.165) is 10.9 Å². The minimum Gasteiger partial charge on any atom is -0.350 e. The van der Waals surface area contributed by atoms with Crippen molar-refractivity contribution in [3.8, 4) is 0 Å². The summed E-state index contributed by atoms with van der Waals surface area (Å²) < 4.78 is 15.4. The number of carbonyl (C=O) groups excluding carboxylic acids is 1. The predicted molar refractivity (Wildman–Crippen MR) is 85.4 cm³/mol. The van der Waals surface area contributed by atoms with Crippen LogP contribution in [0.1, 0.15) is 16.1 Å². The van der Waals surface area contributed by atoms with Gasteiger partial charge < -0.3 is 9.88 Å². The first-order valence-corrected chi connectivity index (χ1v) is 7.23. The Kier molecular flexibility index (Phi) is 3.92. The van der Waals surface area contributed by atoms with Crippen LogP contribution in [0.2, 0.25) is 0 Å². The van der Waals surface area contributed by atoms with Gasteiger partial charge in [0.1, 0.15) is 11.5 Å². The zero-order valence-electron chi connectivity index (χ0n) is 12.3. The van der Waals surface area contributed by atoms with Crippen molar-refractivity contribution in [1.82, 2.24) is 9.88 Å². The van der Waals surface area contributed by atoms with Gasteiger partial charge in [-0.1, -0.05) is 36.4 Å². The van der Waals surface area contributed by atoms with Crippen LogP contribution in [0.5, 0.6) is 0 Å². The van der Waals surface area contributed by atoms with E-state index >= 15 is 0 Å². The van der Waals surface area contributed by atoms with Crippen molar-refractivity contribution in [2.75, 3.05) is 6.54 Å². The Morgan fingerprint density at radius 2 is 1.86 bits per heavy atom. The number of nitrogens with one attached hydrogen (secondary N) is 1. The lowest BCUT2D eigenvalue weighted by atomic mass is 10.1. The maximum atomic E-state index is 13.5. The molecule has 0 spiro atoms. The number of fused-ring (bicyclic) bond motifs is 1. The molecule has 2 aromatic carbocycles. The number of rotatable bonds is 4. The molecule has 22 heavy (non-hydrogen) atoms. The lowest BCUT2D eigenvalue weighted by Crippen LogP contribution is -2.27. The average Bonchev–Trinajstić information content (AvgIpc) is 2.87. The molecule has 1 N–H and O–H groups in total. The first-order chi connectivity index (χ1) is 10.7. The number of para-hydroxylation sites is 1. The van der Waals surface area contributed by atoms with Gasteiger partial charge in [0, 0.05) is 24.5 Å². The molecular formula is C18H17FN2O. The van der Waals surface area contributed by atoms with E-state index in [9.17, 15) is 9.18 Å². The van der Waals surface area contributed by atoms with Gasteiger partial charge in [-0.15, -0.1) is 0 Å². The second kappa shape index (κ2) is 6.02. The van der Waals surface area contributed by atoms with Gasteiger partial charge in [-0.3, -0.25) is 4.79 Å². The van der Waals surface area contributed by atoms with E-state index in [1.165, 1.54) is 6.07 Å². The number of carbonyl (C=O) groups is 1. The number of aromatic nitrogens is 1. The van der Waals surface area contributed by atoms with E-state index in [1.54, 1.807) is 18.2 Å². The summed E-state index contributed by atoms with van der Waals surface area (Å²) in [6.45, 7) is 0.404. The molecule has 1 heterocycles. The Morgan fingerprint density at radius 1 is 1.14 bits per heavy atom. The molecule has 0 saturated heterocycles. The highest BCUT2D eigenvalue weighted by atomic mass is 19.1. The highest BCUT2D eigenvalue weighted by Gasteiger charge is 2.12. The molecular weight excluding hydrogens is 279 g/mol. The average molecular weight is 296 g/mol. The Bertz CT molecular complexity index is 823. The fourth-order valence-corrected chi connectivity index (χ4v) is 2.61. The van der Waals surface area contributed by atoms with Crippen LogP contribution in [-0.4, -0.2) is 17.0 Å². The Hall–Kier alpha value is -2.62. The summed E-state index contributed by atoms with van der Waals surface area (Å²) in [6.07, 6.45) is 0.475. The van der Waals surface area contributed by atoms with Crippen LogP contribution in [0, 0.1) is 5.82 Å². The smallest absolute Gasteiger partial charge is 0.267 e. The highest BCUT2D eigenvalue weighted by Crippen LogP contribution is 2.18. The first kappa shape index (κ1) is 14.3. The molecule has 0 aliphatic carbocycles. The van der Waals surface area contributed by atoms with Gasteiger partial charge in [0.15, 0.2) is 0 Å². The third-order valence-electron chi connectivity index (χ3n) is 3.82. The highest BCUT2D eigenvalue weighted by molar-refractivity contribution is 5.98. The van der Waals surface area contributed by atoms with Gasteiger partial charge in [-0.2, -0.15) is 0 Å². The molecule has 3 rings (SSSR count). The molecule has 0 radical (unpaired) electrons. The fraction of sp³-hybridized carbons (Fsp3) is 0.167. The van der Waals surface area contributed by atoms with Crippen LogP contribution in [-0.2, 0) is 13.5 Å². The van der Waals surface area contributed by atoms with Crippen LogP contribution < -0.4 is 5.32 Å². The number of nitrogens with zero attached hydrogens (tertiary/aromatic N) is 1.